The molecule has 0 aliphatic carbocycles. The lowest BCUT2D eigenvalue weighted by Gasteiger charge is -2.34. The molecule has 0 saturated carbocycles. The lowest BCUT2D eigenvalue weighted by molar-refractivity contribution is 0.0549. The van der Waals surface area contributed by atoms with Crippen LogP contribution in [0.1, 0.15) is 40.7 Å². The highest BCUT2D eigenvalue weighted by Gasteiger charge is 2.46. The molecule has 1 spiro atoms. The molecule has 2 aliphatic rings. The number of benzene rings is 1. The molecule has 0 radical (unpaired) electrons. The molecule has 1 aromatic carbocycles. The van der Waals surface area contributed by atoms with Crippen molar-refractivity contribution in [1.82, 2.24) is 4.90 Å². The van der Waals surface area contributed by atoms with Crippen molar-refractivity contribution in [3.63, 3.8) is 0 Å². The van der Waals surface area contributed by atoms with Gasteiger partial charge in [-0.15, -0.1) is 0 Å². The SMILES string of the molecule is Cc1cc(Br)cc(C(=O)N2CCCC23CCOC3)c1C. The largest absolute Gasteiger partial charge is 0.379 e. The standard InChI is InChI=1S/C16H20BrNO2/c1-11-8-13(17)9-14(12(11)2)15(19)18-6-3-4-16(18)5-7-20-10-16/h8-9H,3-7,10H2,1-2H3. The molecule has 108 valence electrons. The lowest BCUT2D eigenvalue weighted by Crippen LogP contribution is -2.48. The summed E-state index contributed by atoms with van der Waals surface area (Å²) in [7, 11) is 0. The van der Waals surface area contributed by atoms with E-state index >= 15 is 0 Å². The second-order valence-electron chi connectivity index (χ2n) is 5.98. The maximum absolute atomic E-state index is 13.0. The molecule has 1 aromatic rings. The number of rotatable bonds is 1. The van der Waals surface area contributed by atoms with Crippen LogP contribution in [0.25, 0.3) is 0 Å². The van der Waals surface area contributed by atoms with Crippen LogP contribution in [0, 0.1) is 13.8 Å². The molecule has 2 saturated heterocycles. The first-order valence-electron chi connectivity index (χ1n) is 7.20. The first-order valence-corrected chi connectivity index (χ1v) is 7.99. The van der Waals surface area contributed by atoms with E-state index < -0.39 is 0 Å². The minimum atomic E-state index is -0.0419. The van der Waals surface area contributed by atoms with Crippen LogP contribution in [0.3, 0.4) is 0 Å². The first kappa shape index (κ1) is 14.1. The number of nitrogens with zero attached hydrogens (tertiary/aromatic N) is 1. The third-order valence-corrected chi connectivity index (χ3v) is 5.24. The third kappa shape index (κ3) is 2.19. The van der Waals surface area contributed by atoms with Crippen molar-refractivity contribution in [2.45, 2.75) is 38.6 Å². The molecular formula is C16H20BrNO2. The maximum Gasteiger partial charge on any atom is 0.254 e. The van der Waals surface area contributed by atoms with E-state index in [1.807, 2.05) is 13.0 Å². The van der Waals surface area contributed by atoms with E-state index in [4.69, 9.17) is 4.74 Å². The second-order valence-corrected chi connectivity index (χ2v) is 6.90. The maximum atomic E-state index is 13.0. The molecule has 2 fully saturated rings. The molecule has 1 atom stereocenters. The van der Waals surface area contributed by atoms with Crippen molar-refractivity contribution in [2.24, 2.45) is 0 Å². The average molecular weight is 338 g/mol. The summed E-state index contributed by atoms with van der Waals surface area (Å²) >= 11 is 3.50. The molecule has 2 aliphatic heterocycles. The van der Waals surface area contributed by atoms with Gasteiger partial charge in [-0.1, -0.05) is 15.9 Å². The average Bonchev–Trinajstić information content (AvgIpc) is 3.04. The molecular weight excluding hydrogens is 318 g/mol. The van der Waals surface area contributed by atoms with E-state index in [0.29, 0.717) is 6.61 Å². The van der Waals surface area contributed by atoms with Crippen LogP contribution >= 0.6 is 15.9 Å². The molecule has 0 bridgehead atoms. The van der Waals surface area contributed by atoms with Crippen molar-refractivity contribution in [3.05, 3.63) is 33.3 Å². The first-order chi connectivity index (χ1) is 9.53. The molecule has 20 heavy (non-hydrogen) atoms. The number of ether oxygens (including phenoxy) is 1. The summed E-state index contributed by atoms with van der Waals surface area (Å²) in [5.41, 5.74) is 3.02. The van der Waals surface area contributed by atoms with Gasteiger partial charge in [-0.25, -0.2) is 0 Å². The zero-order chi connectivity index (χ0) is 14.3. The molecule has 2 heterocycles. The van der Waals surface area contributed by atoms with Gasteiger partial charge in [0, 0.05) is 23.2 Å². The van der Waals surface area contributed by atoms with Crippen molar-refractivity contribution in [3.8, 4) is 0 Å². The minimum absolute atomic E-state index is 0.0419. The van der Waals surface area contributed by atoms with Gasteiger partial charge < -0.3 is 9.64 Å². The fourth-order valence-corrected chi connectivity index (χ4v) is 4.02. The zero-order valence-electron chi connectivity index (χ0n) is 12.0. The fourth-order valence-electron chi connectivity index (χ4n) is 3.44. The van der Waals surface area contributed by atoms with Gasteiger partial charge in [0.15, 0.2) is 0 Å². The smallest absolute Gasteiger partial charge is 0.254 e. The predicted octanol–water partition coefficient (Wildman–Crippen LogP) is 3.46. The molecule has 0 aromatic heterocycles. The van der Waals surface area contributed by atoms with E-state index in [9.17, 15) is 4.79 Å². The molecule has 1 amide bonds. The summed E-state index contributed by atoms with van der Waals surface area (Å²) in [5, 5.41) is 0. The predicted molar refractivity (Wildman–Crippen MR) is 82.1 cm³/mol. The summed E-state index contributed by atoms with van der Waals surface area (Å²) in [6.45, 7) is 6.41. The van der Waals surface area contributed by atoms with Crippen LogP contribution in [0.4, 0.5) is 0 Å². The number of aryl methyl sites for hydroxylation is 1. The van der Waals surface area contributed by atoms with E-state index in [2.05, 4.69) is 33.8 Å². The highest BCUT2D eigenvalue weighted by Crippen LogP contribution is 2.38. The Hall–Kier alpha value is -0.870. The summed E-state index contributed by atoms with van der Waals surface area (Å²) < 4.78 is 6.55. The molecule has 1 unspecified atom stereocenters. The van der Waals surface area contributed by atoms with Gasteiger partial charge in [-0.05, 0) is 56.4 Å². The summed E-state index contributed by atoms with van der Waals surface area (Å²) in [5.74, 6) is 0.162. The van der Waals surface area contributed by atoms with Gasteiger partial charge in [0.2, 0.25) is 0 Å². The minimum Gasteiger partial charge on any atom is -0.379 e. The Bertz CT molecular complexity index is 544. The molecule has 3 nitrogen and oxygen atoms in total. The number of carbonyl (C=O) groups excluding carboxylic acids is 1. The van der Waals surface area contributed by atoms with Crippen LogP contribution in [-0.2, 0) is 4.74 Å². The second kappa shape index (κ2) is 5.15. The Morgan fingerprint density at radius 1 is 1.35 bits per heavy atom. The normalized spacial score (nSPS) is 25.6. The molecule has 4 heteroatoms. The van der Waals surface area contributed by atoms with E-state index in [0.717, 1.165) is 53.6 Å². The third-order valence-electron chi connectivity index (χ3n) is 4.79. The van der Waals surface area contributed by atoms with E-state index in [-0.39, 0.29) is 11.4 Å². The van der Waals surface area contributed by atoms with Crippen LogP contribution in [-0.4, -0.2) is 36.1 Å². The van der Waals surface area contributed by atoms with Crippen molar-refractivity contribution in [2.75, 3.05) is 19.8 Å². The van der Waals surface area contributed by atoms with Crippen LogP contribution < -0.4 is 0 Å². The van der Waals surface area contributed by atoms with E-state index in [1.165, 1.54) is 0 Å². The monoisotopic (exact) mass is 337 g/mol. The highest BCUT2D eigenvalue weighted by molar-refractivity contribution is 9.10. The van der Waals surface area contributed by atoms with Crippen LogP contribution in [0.2, 0.25) is 0 Å². The number of hydrogen-bond acceptors (Lipinski definition) is 2. The number of likely N-dealkylation sites (tertiary alicyclic amines) is 1. The summed E-state index contributed by atoms with van der Waals surface area (Å²) in [4.78, 5) is 15.0. The number of hydrogen-bond donors (Lipinski definition) is 0. The zero-order valence-corrected chi connectivity index (χ0v) is 13.6. The Labute approximate surface area is 128 Å². The van der Waals surface area contributed by atoms with Gasteiger partial charge in [0.1, 0.15) is 0 Å². The number of amides is 1. The summed E-state index contributed by atoms with van der Waals surface area (Å²) in [6.07, 6.45) is 3.14. The number of carbonyl (C=O) groups is 1. The summed E-state index contributed by atoms with van der Waals surface area (Å²) in [6, 6.07) is 4.01. The quantitative estimate of drug-likeness (QED) is 0.785. The van der Waals surface area contributed by atoms with Crippen LogP contribution in [0.15, 0.2) is 16.6 Å². The Morgan fingerprint density at radius 2 is 2.15 bits per heavy atom. The van der Waals surface area contributed by atoms with Crippen molar-refractivity contribution in [1.29, 1.82) is 0 Å². The van der Waals surface area contributed by atoms with Crippen LogP contribution in [0.5, 0.6) is 0 Å². The Kier molecular flexibility index (Phi) is 3.63. The fraction of sp³-hybridized carbons (Fsp3) is 0.562. The Morgan fingerprint density at radius 3 is 2.85 bits per heavy atom. The molecule has 3 rings (SSSR count). The van der Waals surface area contributed by atoms with Crippen molar-refractivity contribution >= 4 is 21.8 Å². The van der Waals surface area contributed by atoms with Gasteiger partial charge in [-0.2, -0.15) is 0 Å². The van der Waals surface area contributed by atoms with E-state index in [1.54, 1.807) is 0 Å². The van der Waals surface area contributed by atoms with Gasteiger partial charge in [-0.3, -0.25) is 4.79 Å². The lowest BCUT2D eigenvalue weighted by atomic mass is 9.94. The topological polar surface area (TPSA) is 29.5 Å². The Balaban J connectivity index is 1.97. The van der Waals surface area contributed by atoms with Gasteiger partial charge in [0.05, 0.1) is 12.1 Å². The van der Waals surface area contributed by atoms with Crippen molar-refractivity contribution < 1.29 is 9.53 Å². The molecule has 0 N–H and O–H groups in total. The van der Waals surface area contributed by atoms with Gasteiger partial charge in [0.25, 0.3) is 5.91 Å². The van der Waals surface area contributed by atoms with Gasteiger partial charge >= 0.3 is 0 Å². The number of halogens is 1. The highest BCUT2D eigenvalue weighted by atomic mass is 79.9.